The molecule has 0 aliphatic carbocycles. The molecule has 0 aliphatic heterocycles. The third-order valence-corrected chi connectivity index (χ3v) is 4.33. The Kier molecular flexibility index (Phi) is 4.72. The van der Waals surface area contributed by atoms with Gasteiger partial charge in [-0.3, -0.25) is 9.20 Å². The van der Waals surface area contributed by atoms with Crippen LogP contribution in [0.5, 0.6) is 5.88 Å². The zero-order chi connectivity index (χ0) is 19.5. The van der Waals surface area contributed by atoms with Crippen LogP contribution in [0.4, 0.5) is 5.82 Å². The first-order chi connectivity index (χ1) is 13.7. The first-order valence-electron chi connectivity index (χ1n) is 8.96. The zero-order valence-electron chi connectivity index (χ0n) is 15.6. The number of carbonyl (C=O) groups excluding carboxylic acids is 1. The highest BCUT2D eigenvalue weighted by atomic mass is 16.5. The first kappa shape index (κ1) is 17.7. The third kappa shape index (κ3) is 3.29. The molecule has 7 heteroatoms. The van der Waals surface area contributed by atoms with Crippen LogP contribution in [0.1, 0.15) is 23.0 Å². The Balaban J connectivity index is 1.78. The molecule has 4 rings (SSSR count). The van der Waals surface area contributed by atoms with Crippen LogP contribution in [0.25, 0.3) is 16.9 Å². The topological polar surface area (TPSA) is 81.4 Å². The monoisotopic (exact) mass is 373 g/mol. The summed E-state index contributed by atoms with van der Waals surface area (Å²) in [6, 6.07) is 15.2. The van der Waals surface area contributed by atoms with Crippen molar-refractivity contribution in [1.29, 1.82) is 0 Å². The van der Waals surface area contributed by atoms with E-state index in [2.05, 4.69) is 15.3 Å². The Morgan fingerprint density at radius 2 is 1.96 bits per heavy atom. The average molecular weight is 373 g/mol. The van der Waals surface area contributed by atoms with Gasteiger partial charge in [-0.15, -0.1) is 0 Å². The van der Waals surface area contributed by atoms with Crippen LogP contribution in [0.15, 0.2) is 61.1 Å². The molecule has 0 unspecified atom stereocenters. The van der Waals surface area contributed by atoms with Crippen molar-refractivity contribution in [1.82, 2.24) is 19.4 Å². The van der Waals surface area contributed by atoms with Crippen LogP contribution in [-0.4, -0.2) is 31.9 Å². The lowest BCUT2D eigenvalue weighted by atomic mass is 10.1. The van der Waals surface area contributed by atoms with Crippen LogP contribution in [-0.2, 0) is 0 Å². The van der Waals surface area contributed by atoms with E-state index in [0.717, 1.165) is 16.8 Å². The molecular formula is C21H19N5O2. The molecule has 0 atom stereocenters. The van der Waals surface area contributed by atoms with E-state index in [-0.39, 0.29) is 11.6 Å². The number of nitrogens with zero attached hydrogens (tertiary/aromatic N) is 4. The molecular weight excluding hydrogens is 354 g/mol. The summed E-state index contributed by atoms with van der Waals surface area (Å²) in [6.07, 6.45) is 3.18. The minimum Gasteiger partial charge on any atom is -0.478 e. The molecule has 0 radical (unpaired) electrons. The molecule has 1 amide bonds. The smallest absolute Gasteiger partial charge is 0.275 e. The van der Waals surface area contributed by atoms with Crippen LogP contribution in [0.3, 0.4) is 0 Å². The van der Waals surface area contributed by atoms with Gasteiger partial charge in [-0.25, -0.2) is 15.0 Å². The number of hydrogen-bond acceptors (Lipinski definition) is 5. The summed E-state index contributed by atoms with van der Waals surface area (Å²) in [5, 5.41) is 2.96. The Morgan fingerprint density at radius 1 is 1.14 bits per heavy atom. The highest BCUT2D eigenvalue weighted by Gasteiger charge is 2.19. The van der Waals surface area contributed by atoms with Gasteiger partial charge >= 0.3 is 0 Å². The second-order valence-corrected chi connectivity index (χ2v) is 6.18. The van der Waals surface area contributed by atoms with Gasteiger partial charge in [0.05, 0.1) is 6.61 Å². The number of hydrogen-bond donors (Lipinski definition) is 1. The van der Waals surface area contributed by atoms with Crippen molar-refractivity contribution >= 4 is 17.4 Å². The number of nitrogens with one attached hydrogen (secondary N) is 1. The molecule has 28 heavy (non-hydrogen) atoms. The predicted octanol–water partition coefficient (Wildman–Crippen LogP) is 3.75. The molecule has 3 heterocycles. The van der Waals surface area contributed by atoms with Gasteiger partial charge in [0.25, 0.3) is 5.91 Å². The molecule has 0 aliphatic rings. The molecule has 1 aromatic carbocycles. The molecule has 7 nitrogen and oxygen atoms in total. The summed E-state index contributed by atoms with van der Waals surface area (Å²) in [7, 11) is 0. The largest absolute Gasteiger partial charge is 0.478 e. The van der Waals surface area contributed by atoms with Crippen LogP contribution >= 0.6 is 0 Å². The zero-order valence-corrected chi connectivity index (χ0v) is 15.6. The van der Waals surface area contributed by atoms with Gasteiger partial charge in [0.15, 0.2) is 0 Å². The SMILES string of the molecule is CCOc1cc(C(=O)Nc2c(-c3ccccc3C)nc3ccccn23)ncn1. The summed E-state index contributed by atoms with van der Waals surface area (Å²) in [4.78, 5) is 25.7. The van der Waals surface area contributed by atoms with E-state index >= 15 is 0 Å². The second-order valence-electron chi connectivity index (χ2n) is 6.18. The minimum absolute atomic E-state index is 0.222. The van der Waals surface area contributed by atoms with Crippen molar-refractivity contribution in [3.8, 4) is 17.1 Å². The van der Waals surface area contributed by atoms with Gasteiger partial charge in [-0.2, -0.15) is 0 Å². The second kappa shape index (κ2) is 7.48. The normalized spacial score (nSPS) is 10.8. The van der Waals surface area contributed by atoms with Crippen molar-refractivity contribution in [2.24, 2.45) is 0 Å². The van der Waals surface area contributed by atoms with E-state index in [0.29, 0.717) is 24.0 Å². The van der Waals surface area contributed by atoms with Gasteiger partial charge in [0, 0.05) is 17.8 Å². The number of aromatic nitrogens is 4. The minimum atomic E-state index is -0.358. The van der Waals surface area contributed by atoms with Crippen molar-refractivity contribution < 1.29 is 9.53 Å². The number of carbonyl (C=O) groups is 1. The van der Waals surface area contributed by atoms with E-state index in [1.54, 1.807) is 0 Å². The van der Waals surface area contributed by atoms with Gasteiger partial charge < -0.3 is 10.1 Å². The van der Waals surface area contributed by atoms with Gasteiger partial charge in [0.2, 0.25) is 5.88 Å². The lowest BCUT2D eigenvalue weighted by Crippen LogP contribution is -2.16. The quantitative estimate of drug-likeness (QED) is 0.576. The number of benzene rings is 1. The summed E-state index contributed by atoms with van der Waals surface area (Å²) in [5.74, 6) is 0.593. The summed E-state index contributed by atoms with van der Waals surface area (Å²) < 4.78 is 7.21. The van der Waals surface area contributed by atoms with Crippen LogP contribution < -0.4 is 10.1 Å². The summed E-state index contributed by atoms with van der Waals surface area (Å²) in [6.45, 7) is 4.33. The van der Waals surface area contributed by atoms with Crippen molar-refractivity contribution in [3.05, 3.63) is 72.3 Å². The number of imidazole rings is 1. The maximum atomic E-state index is 12.9. The Morgan fingerprint density at radius 3 is 2.79 bits per heavy atom. The predicted molar refractivity (Wildman–Crippen MR) is 107 cm³/mol. The number of pyridine rings is 1. The van der Waals surface area contributed by atoms with Crippen molar-refractivity contribution in [2.45, 2.75) is 13.8 Å². The van der Waals surface area contributed by atoms with Crippen LogP contribution in [0, 0.1) is 6.92 Å². The number of rotatable bonds is 5. The van der Waals surface area contributed by atoms with Crippen LogP contribution in [0.2, 0.25) is 0 Å². The van der Waals surface area contributed by atoms with E-state index in [1.165, 1.54) is 12.4 Å². The lowest BCUT2D eigenvalue weighted by Gasteiger charge is -2.09. The summed E-state index contributed by atoms with van der Waals surface area (Å²) >= 11 is 0. The molecule has 0 saturated carbocycles. The number of fused-ring (bicyclic) bond motifs is 1. The molecule has 0 saturated heterocycles. The molecule has 0 fully saturated rings. The molecule has 4 aromatic rings. The fraction of sp³-hybridized carbons (Fsp3) is 0.143. The molecule has 3 aromatic heterocycles. The van der Waals surface area contributed by atoms with E-state index in [1.807, 2.05) is 66.9 Å². The molecule has 0 bridgehead atoms. The average Bonchev–Trinajstić information content (AvgIpc) is 3.07. The van der Waals surface area contributed by atoms with Gasteiger partial charge in [0.1, 0.15) is 29.2 Å². The number of amides is 1. The Bertz CT molecular complexity index is 1150. The van der Waals surface area contributed by atoms with Crippen molar-refractivity contribution in [2.75, 3.05) is 11.9 Å². The number of anilines is 1. The molecule has 140 valence electrons. The van der Waals surface area contributed by atoms with Gasteiger partial charge in [-0.1, -0.05) is 30.3 Å². The van der Waals surface area contributed by atoms with E-state index in [9.17, 15) is 4.79 Å². The number of ether oxygens (including phenoxy) is 1. The highest BCUT2D eigenvalue weighted by Crippen LogP contribution is 2.31. The Labute approximate surface area is 162 Å². The fourth-order valence-electron chi connectivity index (χ4n) is 3.00. The number of aryl methyl sites for hydroxylation is 1. The molecule has 0 spiro atoms. The fourth-order valence-corrected chi connectivity index (χ4v) is 3.00. The lowest BCUT2D eigenvalue weighted by molar-refractivity contribution is 0.102. The molecule has 1 N–H and O–H groups in total. The summed E-state index contributed by atoms with van der Waals surface area (Å²) in [5.41, 5.74) is 3.70. The Hall–Kier alpha value is -3.74. The van der Waals surface area contributed by atoms with E-state index in [4.69, 9.17) is 9.72 Å². The van der Waals surface area contributed by atoms with Gasteiger partial charge in [-0.05, 0) is 31.5 Å². The third-order valence-electron chi connectivity index (χ3n) is 4.33. The van der Waals surface area contributed by atoms with Crippen molar-refractivity contribution in [3.63, 3.8) is 0 Å². The maximum Gasteiger partial charge on any atom is 0.275 e. The van der Waals surface area contributed by atoms with E-state index < -0.39 is 0 Å². The maximum absolute atomic E-state index is 12.9. The first-order valence-corrected chi connectivity index (χ1v) is 8.96. The standard InChI is InChI=1S/C21H19N5O2/c1-3-28-18-12-16(22-13-23-18)21(27)25-20-19(15-9-5-4-8-14(15)2)24-17-10-6-7-11-26(17)20/h4-13H,3H2,1-2H3,(H,25,27). The highest BCUT2D eigenvalue weighted by molar-refractivity contribution is 6.04.